The van der Waals surface area contributed by atoms with E-state index in [1.807, 2.05) is 76.3 Å². The fourth-order valence-electron chi connectivity index (χ4n) is 2.93. The minimum atomic E-state index is -0.000223. The molecule has 1 aromatic heterocycles. The Labute approximate surface area is 143 Å². The lowest BCUT2D eigenvalue weighted by Crippen LogP contribution is -2.30. The summed E-state index contributed by atoms with van der Waals surface area (Å²) in [5.41, 5.74) is 4.64. The van der Waals surface area contributed by atoms with Crippen molar-refractivity contribution < 1.29 is 4.79 Å². The summed E-state index contributed by atoms with van der Waals surface area (Å²) in [5, 5.41) is 1.00. The van der Waals surface area contributed by atoms with Crippen LogP contribution in [0, 0.1) is 13.8 Å². The van der Waals surface area contributed by atoms with E-state index in [1.165, 1.54) is 0 Å². The molecule has 2 aromatic carbocycles. The summed E-state index contributed by atoms with van der Waals surface area (Å²) < 4.78 is 0. The second-order valence-electron chi connectivity index (χ2n) is 6.32. The molecule has 0 aliphatic rings. The molecule has 0 N–H and O–H groups in total. The molecule has 3 nitrogen and oxygen atoms in total. The third-order valence-electron chi connectivity index (χ3n) is 4.57. The summed E-state index contributed by atoms with van der Waals surface area (Å²) in [6, 6.07) is 18.1. The second kappa shape index (κ2) is 6.44. The van der Waals surface area contributed by atoms with Gasteiger partial charge in [0.05, 0.1) is 22.8 Å². The largest absolute Gasteiger partial charge is 0.335 e. The summed E-state index contributed by atoms with van der Waals surface area (Å²) in [6.45, 7) is 5.99. The van der Waals surface area contributed by atoms with E-state index in [4.69, 9.17) is 0 Å². The number of pyridine rings is 1. The Bertz CT molecular complexity index is 887. The van der Waals surface area contributed by atoms with Gasteiger partial charge in [-0.15, -0.1) is 0 Å². The molecule has 3 rings (SSSR count). The predicted octanol–water partition coefficient (Wildman–Crippen LogP) is 4.68. The van der Waals surface area contributed by atoms with E-state index in [1.54, 1.807) is 4.90 Å². The maximum atomic E-state index is 13.0. The predicted molar refractivity (Wildman–Crippen MR) is 98.2 cm³/mol. The highest BCUT2D eigenvalue weighted by Crippen LogP contribution is 2.23. The number of carbonyl (C=O) groups is 1. The first-order valence-corrected chi connectivity index (χ1v) is 8.17. The van der Waals surface area contributed by atoms with E-state index in [-0.39, 0.29) is 11.9 Å². The molecule has 0 saturated heterocycles. The molecular weight excluding hydrogens is 296 g/mol. The Morgan fingerprint density at radius 1 is 1.04 bits per heavy atom. The molecule has 0 fully saturated rings. The van der Waals surface area contributed by atoms with Crippen molar-refractivity contribution in [1.29, 1.82) is 0 Å². The summed E-state index contributed by atoms with van der Waals surface area (Å²) in [4.78, 5) is 19.4. The molecule has 1 heterocycles. The molecule has 3 heteroatoms. The number of hydrogen-bond acceptors (Lipinski definition) is 2. The Kier molecular flexibility index (Phi) is 4.34. The minimum Gasteiger partial charge on any atom is -0.335 e. The van der Waals surface area contributed by atoms with Crippen LogP contribution in [0.15, 0.2) is 54.6 Å². The molecule has 0 saturated carbocycles. The van der Waals surface area contributed by atoms with Crippen LogP contribution in [0.4, 0.5) is 0 Å². The van der Waals surface area contributed by atoms with Crippen LogP contribution in [-0.2, 0) is 0 Å². The van der Waals surface area contributed by atoms with Gasteiger partial charge in [0.1, 0.15) is 0 Å². The minimum absolute atomic E-state index is 0.000223. The van der Waals surface area contributed by atoms with Crippen molar-refractivity contribution in [2.24, 2.45) is 0 Å². The van der Waals surface area contributed by atoms with Crippen LogP contribution < -0.4 is 0 Å². The highest BCUT2D eigenvalue weighted by molar-refractivity contribution is 5.98. The number of rotatable bonds is 3. The van der Waals surface area contributed by atoms with Gasteiger partial charge in [-0.3, -0.25) is 9.78 Å². The molecule has 3 aromatic rings. The highest BCUT2D eigenvalue weighted by Gasteiger charge is 2.21. The van der Waals surface area contributed by atoms with Gasteiger partial charge in [0, 0.05) is 12.4 Å². The van der Waals surface area contributed by atoms with Gasteiger partial charge in [0.15, 0.2) is 0 Å². The molecule has 0 bridgehead atoms. The lowest BCUT2D eigenvalue weighted by Gasteiger charge is -2.26. The van der Waals surface area contributed by atoms with E-state index in [0.717, 1.165) is 27.7 Å². The van der Waals surface area contributed by atoms with Crippen molar-refractivity contribution in [2.45, 2.75) is 26.8 Å². The van der Waals surface area contributed by atoms with Crippen LogP contribution in [0.2, 0.25) is 0 Å². The maximum Gasteiger partial charge on any atom is 0.255 e. The van der Waals surface area contributed by atoms with Gasteiger partial charge < -0.3 is 4.90 Å². The van der Waals surface area contributed by atoms with E-state index in [0.29, 0.717) is 5.56 Å². The zero-order valence-corrected chi connectivity index (χ0v) is 14.6. The fraction of sp³-hybridized carbons (Fsp3) is 0.238. The van der Waals surface area contributed by atoms with Crippen molar-refractivity contribution in [1.82, 2.24) is 9.88 Å². The van der Waals surface area contributed by atoms with Gasteiger partial charge in [0.2, 0.25) is 0 Å². The van der Waals surface area contributed by atoms with Crippen molar-refractivity contribution in [3.05, 3.63) is 77.0 Å². The number of amides is 1. The molecule has 24 heavy (non-hydrogen) atoms. The monoisotopic (exact) mass is 318 g/mol. The summed E-state index contributed by atoms with van der Waals surface area (Å²) >= 11 is 0. The number of nitrogens with zero attached hydrogens (tertiary/aromatic N) is 2. The van der Waals surface area contributed by atoms with E-state index in [9.17, 15) is 4.79 Å². The van der Waals surface area contributed by atoms with Crippen molar-refractivity contribution in [3.63, 3.8) is 0 Å². The average molecular weight is 318 g/mol. The summed E-state index contributed by atoms with van der Waals surface area (Å²) in [5.74, 6) is -0.000223. The van der Waals surface area contributed by atoms with Crippen molar-refractivity contribution >= 4 is 16.8 Å². The standard InChI is InChI=1S/C21H22N2O/c1-14-10-11-20-18(12-14)13-19(15(2)22-20)21(24)23(4)16(3)17-8-6-5-7-9-17/h5-13,16H,1-4H3/t16-/m0/s1. The number of aryl methyl sites for hydroxylation is 2. The Balaban J connectivity index is 1.97. The Morgan fingerprint density at radius 3 is 2.46 bits per heavy atom. The third-order valence-corrected chi connectivity index (χ3v) is 4.57. The summed E-state index contributed by atoms with van der Waals surface area (Å²) in [6.07, 6.45) is 0. The van der Waals surface area contributed by atoms with Gasteiger partial charge in [-0.2, -0.15) is 0 Å². The first kappa shape index (κ1) is 16.2. The molecule has 0 spiro atoms. The van der Waals surface area contributed by atoms with Crippen LogP contribution >= 0.6 is 0 Å². The lowest BCUT2D eigenvalue weighted by molar-refractivity contribution is 0.0741. The molecular formula is C21H22N2O. The SMILES string of the molecule is Cc1ccc2nc(C)c(C(=O)N(C)[C@@H](C)c3ccccc3)cc2c1. The molecule has 0 aliphatic carbocycles. The van der Waals surface area contributed by atoms with Crippen LogP contribution in [0.3, 0.4) is 0 Å². The van der Waals surface area contributed by atoms with Crippen molar-refractivity contribution in [3.8, 4) is 0 Å². The number of carbonyl (C=O) groups excluding carboxylic acids is 1. The molecule has 0 unspecified atom stereocenters. The number of benzene rings is 2. The lowest BCUT2D eigenvalue weighted by atomic mass is 10.0. The zero-order valence-electron chi connectivity index (χ0n) is 14.6. The number of aromatic nitrogens is 1. The number of fused-ring (bicyclic) bond motifs is 1. The van der Waals surface area contributed by atoms with Crippen LogP contribution in [0.1, 0.15) is 40.1 Å². The van der Waals surface area contributed by atoms with E-state index in [2.05, 4.69) is 11.1 Å². The normalized spacial score (nSPS) is 12.2. The first-order valence-electron chi connectivity index (χ1n) is 8.17. The van der Waals surface area contributed by atoms with Crippen LogP contribution in [-0.4, -0.2) is 22.8 Å². The average Bonchev–Trinajstić information content (AvgIpc) is 2.60. The van der Waals surface area contributed by atoms with E-state index >= 15 is 0 Å². The molecule has 1 atom stereocenters. The zero-order chi connectivity index (χ0) is 17.3. The van der Waals surface area contributed by atoms with Gasteiger partial charge in [-0.25, -0.2) is 0 Å². The third kappa shape index (κ3) is 3.02. The van der Waals surface area contributed by atoms with Gasteiger partial charge >= 0.3 is 0 Å². The maximum absolute atomic E-state index is 13.0. The first-order chi connectivity index (χ1) is 11.5. The molecule has 0 aliphatic heterocycles. The topological polar surface area (TPSA) is 33.2 Å². The Hall–Kier alpha value is -2.68. The molecule has 0 radical (unpaired) electrons. The van der Waals surface area contributed by atoms with Crippen LogP contribution in [0.5, 0.6) is 0 Å². The van der Waals surface area contributed by atoms with E-state index < -0.39 is 0 Å². The summed E-state index contributed by atoms with van der Waals surface area (Å²) in [7, 11) is 1.85. The molecule has 1 amide bonds. The van der Waals surface area contributed by atoms with Gasteiger partial charge in [0.25, 0.3) is 5.91 Å². The highest BCUT2D eigenvalue weighted by atomic mass is 16.2. The van der Waals surface area contributed by atoms with Crippen LogP contribution in [0.25, 0.3) is 10.9 Å². The fourth-order valence-corrected chi connectivity index (χ4v) is 2.93. The second-order valence-corrected chi connectivity index (χ2v) is 6.32. The number of hydrogen-bond donors (Lipinski definition) is 0. The van der Waals surface area contributed by atoms with Gasteiger partial charge in [-0.1, -0.05) is 42.0 Å². The quantitative estimate of drug-likeness (QED) is 0.702. The van der Waals surface area contributed by atoms with Gasteiger partial charge in [-0.05, 0) is 44.5 Å². The Morgan fingerprint density at radius 2 is 1.75 bits per heavy atom. The van der Waals surface area contributed by atoms with Crippen molar-refractivity contribution in [2.75, 3.05) is 7.05 Å². The smallest absolute Gasteiger partial charge is 0.255 e. The molecule has 122 valence electrons.